The third-order valence-corrected chi connectivity index (χ3v) is 2.82. The van der Waals surface area contributed by atoms with E-state index in [1.165, 1.54) is 32.1 Å². The Morgan fingerprint density at radius 1 is 1.07 bits per heavy atom. The zero-order valence-electron chi connectivity index (χ0n) is 10.5. The molecule has 1 fully saturated rings. The molecule has 86 valence electrons. The topological polar surface area (TPSA) is 9.23 Å². The Morgan fingerprint density at radius 2 is 1.71 bits per heavy atom. The Morgan fingerprint density at radius 3 is 2.21 bits per heavy atom. The fraction of sp³-hybridized carbons (Fsp3) is 1.00. The van der Waals surface area contributed by atoms with Crippen LogP contribution in [0.3, 0.4) is 0 Å². The standard InChI is InChI=1S/C10H20O.C3H8/c1-3-5-10-6-7-11-8-9(10)4-2;1-3-2/h9-10H,3-8H2,1-2H3;3H2,1-2H3. The molecule has 1 heteroatoms. The summed E-state index contributed by atoms with van der Waals surface area (Å²) in [5.74, 6) is 1.81. The third kappa shape index (κ3) is 5.64. The predicted molar refractivity (Wildman–Crippen MR) is 63.6 cm³/mol. The van der Waals surface area contributed by atoms with Gasteiger partial charge in [-0.1, -0.05) is 53.4 Å². The predicted octanol–water partition coefficient (Wildman–Crippen LogP) is 4.27. The van der Waals surface area contributed by atoms with Crippen molar-refractivity contribution in [3.05, 3.63) is 0 Å². The molecular formula is C13H28O. The van der Waals surface area contributed by atoms with Gasteiger partial charge in [0.1, 0.15) is 0 Å². The van der Waals surface area contributed by atoms with Gasteiger partial charge in [0.15, 0.2) is 0 Å². The molecule has 0 aromatic rings. The van der Waals surface area contributed by atoms with Crippen LogP contribution in [0.5, 0.6) is 0 Å². The zero-order valence-corrected chi connectivity index (χ0v) is 10.5. The van der Waals surface area contributed by atoms with Crippen molar-refractivity contribution in [2.45, 2.75) is 59.8 Å². The number of ether oxygens (including phenoxy) is 1. The van der Waals surface area contributed by atoms with Crippen LogP contribution in [0.4, 0.5) is 0 Å². The lowest BCUT2D eigenvalue weighted by molar-refractivity contribution is 0.0124. The van der Waals surface area contributed by atoms with Crippen LogP contribution < -0.4 is 0 Å². The van der Waals surface area contributed by atoms with Gasteiger partial charge in [0.05, 0.1) is 0 Å². The maximum absolute atomic E-state index is 5.45. The summed E-state index contributed by atoms with van der Waals surface area (Å²) in [4.78, 5) is 0. The van der Waals surface area contributed by atoms with Gasteiger partial charge in [-0.05, 0) is 18.3 Å². The van der Waals surface area contributed by atoms with Crippen LogP contribution in [0.15, 0.2) is 0 Å². The molecule has 1 aliphatic heterocycles. The van der Waals surface area contributed by atoms with Crippen molar-refractivity contribution >= 4 is 0 Å². The Hall–Kier alpha value is -0.0400. The minimum Gasteiger partial charge on any atom is -0.381 e. The maximum Gasteiger partial charge on any atom is 0.0496 e. The van der Waals surface area contributed by atoms with Gasteiger partial charge >= 0.3 is 0 Å². The summed E-state index contributed by atoms with van der Waals surface area (Å²) in [6.07, 6.45) is 6.58. The first-order valence-electron chi connectivity index (χ1n) is 6.37. The van der Waals surface area contributed by atoms with Gasteiger partial charge in [-0.15, -0.1) is 0 Å². The van der Waals surface area contributed by atoms with Crippen molar-refractivity contribution < 1.29 is 4.74 Å². The zero-order chi connectivity index (χ0) is 10.8. The highest BCUT2D eigenvalue weighted by molar-refractivity contribution is 4.72. The molecule has 14 heavy (non-hydrogen) atoms. The summed E-state index contributed by atoms with van der Waals surface area (Å²) in [5.41, 5.74) is 0. The lowest BCUT2D eigenvalue weighted by Crippen LogP contribution is -2.26. The fourth-order valence-electron chi connectivity index (χ4n) is 2.04. The molecule has 2 atom stereocenters. The van der Waals surface area contributed by atoms with E-state index in [2.05, 4.69) is 27.7 Å². The molecule has 0 aromatic carbocycles. The van der Waals surface area contributed by atoms with Crippen molar-refractivity contribution in [1.82, 2.24) is 0 Å². The molecule has 1 rings (SSSR count). The largest absolute Gasteiger partial charge is 0.381 e. The molecule has 0 bridgehead atoms. The summed E-state index contributed by atoms with van der Waals surface area (Å²) in [6, 6.07) is 0. The van der Waals surface area contributed by atoms with E-state index in [-0.39, 0.29) is 0 Å². The fourth-order valence-corrected chi connectivity index (χ4v) is 2.04. The second kappa shape index (κ2) is 9.51. The molecular weight excluding hydrogens is 172 g/mol. The molecule has 1 aliphatic rings. The number of hydrogen-bond acceptors (Lipinski definition) is 1. The highest BCUT2D eigenvalue weighted by atomic mass is 16.5. The Kier molecular flexibility index (Phi) is 9.49. The van der Waals surface area contributed by atoms with E-state index in [9.17, 15) is 0 Å². The molecule has 0 aliphatic carbocycles. The Bertz CT molecular complexity index is 110. The van der Waals surface area contributed by atoms with Crippen LogP contribution in [-0.2, 0) is 4.74 Å². The highest BCUT2D eigenvalue weighted by Gasteiger charge is 2.22. The monoisotopic (exact) mass is 200 g/mol. The summed E-state index contributed by atoms with van der Waals surface area (Å²) < 4.78 is 5.45. The van der Waals surface area contributed by atoms with Crippen LogP contribution in [-0.4, -0.2) is 13.2 Å². The molecule has 0 aromatic heterocycles. The molecule has 0 spiro atoms. The molecule has 1 saturated heterocycles. The third-order valence-electron chi connectivity index (χ3n) is 2.82. The molecule has 0 radical (unpaired) electrons. The minimum atomic E-state index is 0.851. The van der Waals surface area contributed by atoms with E-state index in [0.717, 1.165) is 25.0 Å². The van der Waals surface area contributed by atoms with Crippen molar-refractivity contribution in [2.75, 3.05) is 13.2 Å². The van der Waals surface area contributed by atoms with E-state index >= 15 is 0 Å². The summed E-state index contributed by atoms with van der Waals surface area (Å²) >= 11 is 0. The minimum absolute atomic E-state index is 0.851. The lowest BCUT2D eigenvalue weighted by Gasteiger charge is -2.30. The van der Waals surface area contributed by atoms with Crippen LogP contribution in [0.25, 0.3) is 0 Å². The van der Waals surface area contributed by atoms with Gasteiger partial charge in [-0.25, -0.2) is 0 Å². The molecule has 2 unspecified atom stereocenters. The van der Waals surface area contributed by atoms with Crippen molar-refractivity contribution in [3.63, 3.8) is 0 Å². The molecule has 0 N–H and O–H groups in total. The van der Waals surface area contributed by atoms with Crippen molar-refractivity contribution in [2.24, 2.45) is 11.8 Å². The van der Waals surface area contributed by atoms with Crippen molar-refractivity contribution in [1.29, 1.82) is 0 Å². The number of hydrogen-bond donors (Lipinski definition) is 0. The Labute approximate surface area is 90.2 Å². The maximum atomic E-state index is 5.45. The van der Waals surface area contributed by atoms with Crippen molar-refractivity contribution in [3.8, 4) is 0 Å². The quantitative estimate of drug-likeness (QED) is 0.661. The van der Waals surface area contributed by atoms with Crippen LogP contribution in [0, 0.1) is 11.8 Å². The SMILES string of the molecule is CCC.CCCC1CCOCC1CC. The van der Waals surface area contributed by atoms with E-state index in [1.54, 1.807) is 0 Å². The first-order valence-corrected chi connectivity index (χ1v) is 6.37. The summed E-state index contributed by atoms with van der Waals surface area (Å²) in [6.45, 7) is 10.8. The number of rotatable bonds is 3. The second-order valence-electron chi connectivity index (χ2n) is 4.29. The van der Waals surface area contributed by atoms with Gasteiger partial charge in [-0.2, -0.15) is 0 Å². The smallest absolute Gasteiger partial charge is 0.0496 e. The normalized spacial score (nSPS) is 26.6. The van der Waals surface area contributed by atoms with Crippen LogP contribution in [0.2, 0.25) is 0 Å². The molecule has 1 heterocycles. The Balaban J connectivity index is 0.000000500. The summed E-state index contributed by atoms with van der Waals surface area (Å²) in [5, 5.41) is 0. The van der Waals surface area contributed by atoms with E-state index < -0.39 is 0 Å². The molecule has 1 nitrogen and oxygen atoms in total. The van der Waals surface area contributed by atoms with Gasteiger partial charge in [-0.3, -0.25) is 0 Å². The molecule has 0 saturated carbocycles. The van der Waals surface area contributed by atoms with Gasteiger partial charge in [0, 0.05) is 13.2 Å². The van der Waals surface area contributed by atoms with Crippen LogP contribution in [0.1, 0.15) is 59.8 Å². The van der Waals surface area contributed by atoms with Gasteiger partial charge < -0.3 is 4.74 Å². The average molecular weight is 200 g/mol. The lowest BCUT2D eigenvalue weighted by atomic mass is 9.83. The average Bonchev–Trinajstić information content (AvgIpc) is 2.20. The summed E-state index contributed by atoms with van der Waals surface area (Å²) in [7, 11) is 0. The first kappa shape index (κ1) is 14.0. The van der Waals surface area contributed by atoms with Gasteiger partial charge in [0.25, 0.3) is 0 Å². The van der Waals surface area contributed by atoms with E-state index in [0.29, 0.717) is 0 Å². The van der Waals surface area contributed by atoms with E-state index in [4.69, 9.17) is 4.74 Å². The highest BCUT2D eigenvalue weighted by Crippen LogP contribution is 2.28. The first-order chi connectivity index (χ1) is 6.79. The van der Waals surface area contributed by atoms with Gasteiger partial charge in [0.2, 0.25) is 0 Å². The van der Waals surface area contributed by atoms with Crippen LogP contribution >= 0.6 is 0 Å². The molecule has 0 amide bonds. The second-order valence-corrected chi connectivity index (χ2v) is 4.29. The van der Waals surface area contributed by atoms with E-state index in [1.807, 2.05) is 0 Å².